The molecule has 3 nitrogen and oxygen atoms in total. The number of likely N-dealkylation sites (tertiary alicyclic amines) is 1. The molecular weight excluding hydrogens is 308 g/mol. The highest BCUT2D eigenvalue weighted by Crippen LogP contribution is 2.27. The van der Waals surface area contributed by atoms with Crippen LogP contribution in [0.15, 0.2) is 60.7 Å². The van der Waals surface area contributed by atoms with Crippen LogP contribution in [0.1, 0.15) is 42.7 Å². The second kappa shape index (κ2) is 9.38. The number of carbonyl (C=O) groups is 1. The second-order valence-electron chi connectivity index (χ2n) is 6.83. The Morgan fingerprint density at radius 3 is 2.00 bits per heavy atom. The van der Waals surface area contributed by atoms with E-state index in [9.17, 15) is 4.79 Å². The van der Waals surface area contributed by atoms with E-state index in [2.05, 4.69) is 34.5 Å². The molecule has 0 saturated carbocycles. The monoisotopic (exact) mass is 336 g/mol. The number of hydrogen-bond acceptors (Lipinski definition) is 2. The molecule has 0 aliphatic carbocycles. The fraction of sp³-hybridized carbons (Fsp3) is 0.409. The summed E-state index contributed by atoms with van der Waals surface area (Å²) in [5.74, 6) is 0.243. The summed E-state index contributed by atoms with van der Waals surface area (Å²) in [5.41, 5.74) is 2.39. The van der Waals surface area contributed by atoms with Gasteiger partial charge in [-0.05, 0) is 37.1 Å². The zero-order valence-corrected chi connectivity index (χ0v) is 14.9. The summed E-state index contributed by atoms with van der Waals surface area (Å²) in [4.78, 5) is 15.0. The van der Waals surface area contributed by atoms with Crippen LogP contribution in [0.4, 0.5) is 0 Å². The van der Waals surface area contributed by atoms with Gasteiger partial charge in [-0.25, -0.2) is 0 Å². The van der Waals surface area contributed by atoms with Crippen LogP contribution in [0.3, 0.4) is 0 Å². The number of amides is 1. The van der Waals surface area contributed by atoms with E-state index in [0.29, 0.717) is 6.42 Å². The number of rotatable bonds is 7. The maximum Gasteiger partial charge on any atom is 0.220 e. The Morgan fingerprint density at radius 1 is 0.880 bits per heavy atom. The Labute approximate surface area is 151 Å². The zero-order valence-electron chi connectivity index (χ0n) is 14.9. The summed E-state index contributed by atoms with van der Waals surface area (Å²) in [6.07, 6.45) is 4.42. The molecule has 0 bridgehead atoms. The van der Waals surface area contributed by atoms with Crippen LogP contribution < -0.4 is 5.32 Å². The second-order valence-corrected chi connectivity index (χ2v) is 6.83. The van der Waals surface area contributed by atoms with Gasteiger partial charge in [-0.2, -0.15) is 0 Å². The summed E-state index contributed by atoms with van der Waals surface area (Å²) in [6, 6.07) is 20.6. The highest BCUT2D eigenvalue weighted by Gasteiger charge is 2.18. The highest BCUT2D eigenvalue weighted by atomic mass is 16.1. The van der Waals surface area contributed by atoms with Gasteiger partial charge < -0.3 is 10.2 Å². The van der Waals surface area contributed by atoms with Crippen LogP contribution in [0.5, 0.6) is 0 Å². The first kappa shape index (κ1) is 17.7. The molecule has 3 heteroatoms. The molecule has 25 heavy (non-hydrogen) atoms. The Hall–Kier alpha value is -2.13. The van der Waals surface area contributed by atoms with Crippen LogP contribution in [0, 0.1) is 0 Å². The van der Waals surface area contributed by atoms with E-state index in [1.54, 1.807) is 0 Å². The largest absolute Gasteiger partial charge is 0.355 e. The first-order chi connectivity index (χ1) is 12.3. The van der Waals surface area contributed by atoms with Crippen LogP contribution in [0.2, 0.25) is 0 Å². The molecule has 0 unspecified atom stereocenters. The molecule has 1 fully saturated rings. The summed E-state index contributed by atoms with van der Waals surface area (Å²) in [5, 5.41) is 3.12. The average molecular weight is 336 g/mol. The van der Waals surface area contributed by atoms with E-state index < -0.39 is 0 Å². The van der Waals surface area contributed by atoms with Crippen molar-refractivity contribution >= 4 is 5.91 Å². The van der Waals surface area contributed by atoms with E-state index in [1.165, 1.54) is 43.5 Å². The average Bonchev–Trinajstić information content (AvgIpc) is 2.68. The number of nitrogens with one attached hydrogen (secondary N) is 1. The fourth-order valence-corrected chi connectivity index (χ4v) is 3.59. The van der Waals surface area contributed by atoms with E-state index in [0.717, 1.165) is 13.1 Å². The standard InChI is InChI=1S/C22H28N2O/c25-22(23-14-17-24-15-8-3-9-16-24)18-21(19-10-4-1-5-11-19)20-12-6-2-7-13-20/h1-2,4-7,10-13,21H,3,8-9,14-18H2,(H,23,25). The number of nitrogens with zero attached hydrogens (tertiary/aromatic N) is 1. The third-order valence-electron chi connectivity index (χ3n) is 4.99. The molecule has 132 valence electrons. The van der Waals surface area contributed by atoms with Gasteiger partial charge in [0.25, 0.3) is 0 Å². The summed E-state index contributed by atoms with van der Waals surface area (Å²) in [7, 11) is 0. The van der Waals surface area contributed by atoms with Crippen LogP contribution in [-0.2, 0) is 4.79 Å². The third kappa shape index (κ3) is 5.43. The molecule has 0 spiro atoms. The van der Waals surface area contributed by atoms with Crippen LogP contribution in [-0.4, -0.2) is 37.0 Å². The topological polar surface area (TPSA) is 32.3 Å². The van der Waals surface area contributed by atoms with E-state index in [1.807, 2.05) is 36.4 Å². The molecule has 3 rings (SSSR count). The van der Waals surface area contributed by atoms with Gasteiger partial charge in [0.15, 0.2) is 0 Å². The fourth-order valence-electron chi connectivity index (χ4n) is 3.59. The van der Waals surface area contributed by atoms with Gasteiger partial charge in [-0.1, -0.05) is 67.1 Å². The zero-order chi connectivity index (χ0) is 17.3. The SMILES string of the molecule is O=C(CC(c1ccccc1)c1ccccc1)NCCN1CCCCC1. The maximum atomic E-state index is 12.5. The van der Waals surface area contributed by atoms with Gasteiger partial charge in [0.05, 0.1) is 0 Å². The van der Waals surface area contributed by atoms with Crippen molar-refractivity contribution < 1.29 is 4.79 Å². The van der Waals surface area contributed by atoms with Gasteiger partial charge in [0.1, 0.15) is 0 Å². The molecule has 1 saturated heterocycles. The molecule has 1 aliphatic rings. The van der Waals surface area contributed by atoms with E-state index in [-0.39, 0.29) is 11.8 Å². The molecule has 2 aromatic rings. The Bertz CT molecular complexity index is 596. The van der Waals surface area contributed by atoms with Crippen molar-refractivity contribution in [1.29, 1.82) is 0 Å². The third-order valence-corrected chi connectivity index (χ3v) is 4.99. The van der Waals surface area contributed by atoms with Crippen molar-refractivity contribution in [2.24, 2.45) is 0 Å². The van der Waals surface area contributed by atoms with Crippen molar-refractivity contribution in [3.63, 3.8) is 0 Å². The lowest BCUT2D eigenvalue weighted by atomic mass is 9.88. The highest BCUT2D eigenvalue weighted by molar-refractivity contribution is 5.77. The summed E-state index contributed by atoms with van der Waals surface area (Å²) >= 11 is 0. The molecule has 1 N–H and O–H groups in total. The van der Waals surface area contributed by atoms with Gasteiger partial charge in [0, 0.05) is 25.4 Å². The van der Waals surface area contributed by atoms with Crippen molar-refractivity contribution in [2.45, 2.75) is 31.6 Å². The van der Waals surface area contributed by atoms with Gasteiger partial charge in [-0.15, -0.1) is 0 Å². The Balaban J connectivity index is 1.57. The molecule has 1 heterocycles. The van der Waals surface area contributed by atoms with Crippen molar-refractivity contribution in [2.75, 3.05) is 26.2 Å². The predicted molar refractivity (Wildman–Crippen MR) is 103 cm³/mol. The first-order valence-corrected chi connectivity index (χ1v) is 9.42. The Morgan fingerprint density at radius 2 is 1.44 bits per heavy atom. The molecule has 1 amide bonds. The number of piperidine rings is 1. The predicted octanol–water partition coefficient (Wildman–Crippen LogP) is 3.81. The first-order valence-electron chi connectivity index (χ1n) is 9.42. The number of carbonyl (C=O) groups excluding carboxylic acids is 1. The molecule has 2 aromatic carbocycles. The Kier molecular flexibility index (Phi) is 6.63. The number of benzene rings is 2. The van der Waals surface area contributed by atoms with Crippen molar-refractivity contribution in [3.8, 4) is 0 Å². The van der Waals surface area contributed by atoms with E-state index >= 15 is 0 Å². The van der Waals surface area contributed by atoms with Crippen molar-refractivity contribution in [1.82, 2.24) is 10.2 Å². The maximum absolute atomic E-state index is 12.5. The minimum Gasteiger partial charge on any atom is -0.355 e. The summed E-state index contributed by atoms with van der Waals surface area (Å²) < 4.78 is 0. The lowest BCUT2D eigenvalue weighted by molar-refractivity contribution is -0.121. The minimum absolute atomic E-state index is 0.109. The lowest BCUT2D eigenvalue weighted by Gasteiger charge is -2.26. The van der Waals surface area contributed by atoms with Crippen molar-refractivity contribution in [3.05, 3.63) is 71.8 Å². The van der Waals surface area contributed by atoms with Crippen LogP contribution >= 0.6 is 0 Å². The van der Waals surface area contributed by atoms with Gasteiger partial charge >= 0.3 is 0 Å². The van der Waals surface area contributed by atoms with Crippen LogP contribution in [0.25, 0.3) is 0 Å². The molecule has 1 aliphatic heterocycles. The number of hydrogen-bond donors (Lipinski definition) is 1. The molecule has 0 aromatic heterocycles. The molecular formula is C22H28N2O. The molecule has 0 atom stereocenters. The van der Waals surface area contributed by atoms with Gasteiger partial charge in [-0.3, -0.25) is 4.79 Å². The smallest absolute Gasteiger partial charge is 0.220 e. The molecule has 0 radical (unpaired) electrons. The van der Waals surface area contributed by atoms with Gasteiger partial charge in [0.2, 0.25) is 5.91 Å². The van der Waals surface area contributed by atoms with E-state index in [4.69, 9.17) is 0 Å². The summed E-state index contributed by atoms with van der Waals surface area (Å²) in [6.45, 7) is 4.06. The minimum atomic E-state index is 0.109. The lowest BCUT2D eigenvalue weighted by Crippen LogP contribution is -2.38. The quantitative estimate of drug-likeness (QED) is 0.834. The normalized spacial score (nSPS) is 15.2.